The number of carbonyl (C=O) groups is 1. The van der Waals surface area contributed by atoms with Gasteiger partial charge in [0, 0.05) is 30.6 Å². The Balaban J connectivity index is 1.60. The number of pyridine rings is 1. The molecule has 0 saturated carbocycles. The van der Waals surface area contributed by atoms with Crippen molar-refractivity contribution in [2.45, 2.75) is 38.6 Å². The Bertz CT molecular complexity index is 880. The molecule has 6 heteroatoms. The number of primary amides is 1. The van der Waals surface area contributed by atoms with E-state index in [0.29, 0.717) is 13.2 Å². The first-order valence-corrected chi connectivity index (χ1v) is 10.9. The summed E-state index contributed by atoms with van der Waals surface area (Å²) in [6.45, 7) is 4.16. The van der Waals surface area contributed by atoms with Crippen LogP contribution in [0.15, 0.2) is 65.9 Å². The largest absolute Gasteiger partial charge is 0.494 e. The monoisotopic (exact) mass is 420 g/mol. The van der Waals surface area contributed by atoms with Crippen molar-refractivity contribution in [2.75, 3.05) is 19.7 Å². The number of nitrogens with two attached hydrogens (primary N) is 1. The summed E-state index contributed by atoms with van der Waals surface area (Å²) in [6.07, 6.45) is 13.5. The van der Waals surface area contributed by atoms with Crippen LogP contribution in [0.5, 0.6) is 5.75 Å². The third-order valence-electron chi connectivity index (χ3n) is 5.65. The van der Waals surface area contributed by atoms with Crippen LogP contribution in [0, 0.1) is 5.41 Å². The van der Waals surface area contributed by atoms with E-state index in [1.54, 1.807) is 0 Å². The molecule has 1 aromatic carbocycles. The average Bonchev–Trinajstić information content (AvgIpc) is 2.81. The third-order valence-corrected chi connectivity index (χ3v) is 5.65. The number of dihydropyridines is 1. The minimum absolute atomic E-state index is 0.0366. The van der Waals surface area contributed by atoms with Gasteiger partial charge in [0.15, 0.2) is 0 Å². The molecule has 1 aliphatic heterocycles. The summed E-state index contributed by atoms with van der Waals surface area (Å²) < 4.78 is 5.63. The predicted molar refractivity (Wildman–Crippen MR) is 124 cm³/mol. The van der Waals surface area contributed by atoms with Gasteiger partial charge >= 0.3 is 0 Å². The number of nitrogens with one attached hydrogen (secondary N) is 1. The Hall–Kier alpha value is -2.99. The van der Waals surface area contributed by atoms with Crippen LogP contribution in [-0.4, -0.2) is 36.8 Å². The molecule has 1 amide bonds. The maximum atomic E-state index is 12.1. The van der Waals surface area contributed by atoms with E-state index in [2.05, 4.69) is 40.4 Å². The minimum atomic E-state index is -0.534. The van der Waals surface area contributed by atoms with Crippen molar-refractivity contribution in [1.82, 2.24) is 10.3 Å². The molecule has 0 spiro atoms. The van der Waals surface area contributed by atoms with Crippen molar-refractivity contribution in [2.24, 2.45) is 16.1 Å². The van der Waals surface area contributed by atoms with Gasteiger partial charge in [-0.1, -0.05) is 25.1 Å². The maximum absolute atomic E-state index is 12.1. The molecule has 0 saturated heterocycles. The zero-order valence-electron chi connectivity index (χ0n) is 18.2. The molecule has 2 heterocycles. The second-order valence-electron chi connectivity index (χ2n) is 8.02. The molecular formula is C25H32N4O2. The Morgan fingerprint density at radius 1 is 1.19 bits per heavy atom. The average molecular weight is 421 g/mol. The maximum Gasteiger partial charge on any atom is 0.239 e. The van der Waals surface area contributed by atoms with Gasteiger partial charge in [-0.05, 0) is 73.7 Å². The molecule has 1 aliphatic rings. The number of hydrogen-bond donors (Lipinski definition) is 2. The molecule has 164 valence electrons. The van der Waals surface area contributed by atoms with Crippen molar-refractivity contribution in [3.63, 3.8) is 0 Å². The molecule has 2 atom stereocenters. The second-order valence-corrected chi connectivity index (χ2v) is 8.02. The molecule has 1 aromatic heterocycles. The lowest BCUT2D eigenvalue weighted by Gasteiger charge is -2.31. The van der Waals surface area contributed by atoms with Crippen LogP contribution in [0.3, 0.4) is 0 Å². The van der Waals surface area contributed by atoms with E-state index < -0.39 is 6.04 Å². The van der Waals surface area contributed by atoms with E-state index in [4.69, 9.17) is 10.5 Å². The molecule has 0 aliphatic carbocycles. The molecule has 0 bridgehead atoms. The summed E-state index contributed by atoms with van der Waals surface area (Å²) in [5.41, 5.74) is 7.78. The van der Waals surface area contributed by atoms with Crippen LogP contribution in [0.2, 0.25) is 0 Å². The van der Waals surface area contributed by atoms with Crippen LogP contribution in [0.1, 0.15) is 43.4 Å². The quantitative estimate of drug-likeness (QED) is 0.549. The number of aryl methyl sites for hydroxylation is 1. The van der Waals surface area contributed by atoms with E-state index >= 15 is 0 Å². The fourth-order valence-electron chi connectivity index (χ4n) is 3.81. The highest BCUT2D eigenvalue weighted by atomic mass is 16.5. The zero-order chi connectivity index (χ0) is 21.9. The highest BCUT2D eigenvalue weighted by molar-refractivity contribution is 5.81. The van der Waals surface area contributed by atoms with Crippen LogP contribution in [-0.2, 0) is 11.2 Å². The van der Waals surface area contributed by atoms with Crippen LogP contribution in [0.25, 0.3) is 0 Å². The van der Waals surface area contributed by atoms with Crippen molar-refractivity contribution >= 4 is 12.1 Å². The number of allylic oxidation sites excluding steroid dienone is 1. The van der Waals surface area contributed by atoms with Gasteiger partial charge in [0.25, 0.3) is 0 Å². The van der Waals surface area contributed by atoms with Crippen LogP contribution < -0.4 is 15.8 Å². The highest BCUT2D eigenvalue weighted by Crippen LogP contribution is 2.32. The van der Waals surface area contributed by atoms with E-state index in [0.717, 1.165) is 43.5 Å². The van der Waals surface area contributed by atoms with E-state index in [9.17, 15) is 4.79 Å². The summed E-state index contributed by atoms with van der Waals surface area (Å²) in [6, 6.07) is 11.1. The van der Waals surface area contributed by atoms with E-state index in [1.165, 1.54) is 5.56 Å². The second kappa shape index (κ2) is 11.4. The van der Waals surface area contributed by atoms with Gasteiger partial charge in [0.1, 0.15) is 11.8 Å². The number of benzene rings is 1. The SMILES string of the molecule is CCCOc1ccc(C(NCCC2(CCc3ccncc3)C=CC=NC2)C(N)=O)cc1. The lowest BCUT2D eigenvalue weighted by atomic mass is 9.78. The lowest BCUT2D eigenvalue weighted by Crippen LogP contribution is -2.37. The number of hydrogen-bond acceptors (Lipinski definition) is 5. The number of aromatic nitrogens is 1. The highest BCUT2D eigenvalue weighted by Gasteiger charge is 2.28. The fourth-order valence-corrected chi connectivity index (χ4v) is 3.81. The zero-order valence-corrected chi connectivity index (χ0v) is 18.2. The number of nitrogens with zero attached hydrogens (tertiary/aromatic N) is 2. The molecule has 2 unspecified atom stereocenters. The summed E-state index contributed by atoms with van der Waals surface area (Å²) >= 11 is 0. The smallest absolute Gasteiger partial charge is 0.239 e. The Kier molecular flexibility index (Phi) is 8.35. The summed E-state index contributed by atoms with van der Waals surface area (Å²) in [7, 11) is 0. The number of aliphatic imine (C=N–C) groups is 1. The van der Waals surface area contributed by atoms with Crippen molar-refractivity contribution in [3.05, 3.63) is 72.1 Å². The first kappa shape index (κ1) is 22.7. The summed E-state index contributed by atoms with van der Waals surface area (Å²) in [4.78, 5) is 20.7. The molecular weight excluding hydrogens is 388 g/mol. The topological polar surface area (TPSA) is 89.6 Å². The van der Waals surface area contributed by atoms with Gasteiger partial charge < -0.3 is 15.8 Å². The van der Waals surface area contributed by atoms with Gasteiger partial charge in [0.2, 0.25) is 5.91 Å². The first-order valence-electron chi connectivity index (χ1n) is 10.9. The van der Waals surface area contributed by atoms with Crippen molar-refractivity contribution < 1.29 is 9.53 Å². The normalized spacial score (nSPS) is 18.6. The minimum Gasteiger partial charge on any atom is -0.494 e. The Morgan fingerprint density at radius 3 is 2.61 bits per heavy atom. The van der Waals surface area contributed by atoms with Gasteiger partial charge in [0.05, 0.1) is 6.61 Å². The summed E-state index contributed by atoms with van der Waals surface area (Å²) in [5, 5.41) is 3.36. The van der Waals surface area contributed by atoms with Gasteiger partial charge in [-0.3, -0.25) is 14.8 Å². The number of carbonyl (C=O) groups excluding carboxylic acids is 1. The number of amides is 1. The fraction of sp³-hybridized carbons (Fsp3) is 0.400. The summed E-state index contributed by atoms with van der Waals surface area (Å²) in [5.74, 6) is 0.416. The van der Waals surface area contributed by atoms with Crippen molar-refractivity contribution in [3.8, 4) is 5.75 Å². The molecule has 0 radical (unpaired) electrons. The molecule has 2 aromatic rings. The van der Waals surface area contributed by atoms with Crippen molar-refractivity contribution in [1.29, 1.82) is 0 Å². The van der Waals surface area contributed by atoms with Gasteiger partial charge in [-0.25, -0.2) is 0 Å². The lowest BCUT2D eigenvalue weighted by molar-refractivity contribution is -0.120. The van der Waals surface area contributed by atoms with Crippen LogP contribution in [0.4, 0.5) is 0 Å². The molecule has 0 fully saturated rings. The molecule has 31 heavy (non-hydrogen) atoms. The Morgan fingerprint density at radius 2 is 1.97 bits per heavy atom. The van der Waals surface area contributed by atoms with Crippen LogP contribution >= 0.6 is 0 Å². The molecule has 6 nitrogen and oxygen atoms in total. The Labute approximate surface area is 184 Å². The molecule has 3 N–H and O–H groups in total. The number of ether oxygens (including phenoxy) is 1. The van der Waals surface area contributed by atoms with E-state index in [1.807, 2.05) is 48.9 Å². The first-order chi connectivity index (χ1) is 15.1. The third kappa shape index (κ3) is 6.76. The standard InChI is InChI=1S/C25H32N4O2/c1-2-18-31-22-6-4-21(5-7-22)23(24(26)30)29-17-13-25(11-3-14-28-19-25)12-8-20-9-15-27-16-10-20/h3-7,9-11,14-16,23,29H,2,8,12-13,17-19H2,1H3,(H2,26,30). The number of rotatable bonds is 12. The predicted octanol–water partition coefficient (Wildman–Crippen LogP) is 3.64. The van der Waals surface area contributed by atoms with E-state index in [-0.39, 0.29) is 11.3 Å². The molecule has 3 rings (SSSR count). The van der Waals surface area contributed by atoms with Gasteiger partial charge in [-0.15, -0.1) is 0 Å². The van der Waals surface area contributed by atoms with Gasteiger partial charge in [-0.2, -0.15) is 0 Å².